The minimum atomic E-state index is -0.296. The SMILES string of the molecule is CCCCOC(=O)c1ccccc1OCCCC.[Zn]. The van der Waals surface area contributed by atoms with Crippen LogP contribution in [0.1, 0.15) is 49.9 Å². The molecule has 1 aromatic rings. The van der Waals surface area contributed by atoms with E-state index in [0.717, 1.165) is 25.7 Å². The van der Waals surface area contributed by atoms with Crippen molar-refractivity contribution in [2.24, 2.45) is 0 Å². The molecular weight excluding hydrogens is 294 g/mol. The number of esters is 1. The fourth-order valence-electron chi connectivity index (χ4n) is 1.47. The number of unbranched alkanes of at least 4 members (excludes halogenated alkanes) is 2. The number of carbonyl (C=O) groups excluding carboxylic acids is 1. The number of para-hydroxylation sites is 1. The van der Waals surface area contributed by atoms with Crippen LogP contribution in [-0.4, -0.2) is 19.2 Å². The molecule has 0 N–H and O–H groups in total. The Bertz CT molecular complexity index is 366. The Labute approximate surface area is 128 Å². The average molecular weight is 316 g/mol. The summed E-state index contributed by atoms with van der Waals surface area (Å²) >= 11 is 0. The van der Waals surface area contributed by atoms with Gasteiger partial charge < -0.3 is 9.47 Å². The largest absolute Gasteiger partial charge is 0.493 e. The first kappa shape index (κ1) is 18.1. The van der Waals surface area contributed by atoms with E-state index in [-0.39, 0.29) is 25.4 Å². The Morgan fingerprint density at radius 3 is 2.37 bits per heavy atom. The first-order valence-corrected chi connectivity index (χ1v) is 6.68. The minimum absolute atomic E-state index is 0. The van der Waals surface area contributed by atoms with Gasteiger partial charge in [-0.1, -0.05) is 38.8 Å². The van der Waals surface area contributed by atoms with Gasteiger partial charge in [-0.05, 0) is 25.0 Å². The molecule has 0 saturated carbocycles. The topological polar surface area (TPSA) is 35.5 Å². The molecule has 4 heteroatoms. The molecule has 0 heterocycles. The van der Waals surface area contributed by atoms with Crippen molar-refractivity contribution in [1.82, 2.24) is 0 Å². The number of rotatable bonds is 8. The first-order chi connectivity index (χ1) is 8.79. The van der Waals surface area contributed by atoms with E-state index in [1.54, 1.807) is 6.07 Å². The number of carbonyl (C=O) groups is 1. The summed E-state index contributed by atoms with van der Waals surface area (Å²) < 4.78 is 10.8. The monoisotopic (exact) mass is 314 g/mol. The van der Waals surface area contributed by atoms with Crippen LogP contribution in [0.4, 0.5) is 0 Å². The molecule has 0 aromatic heterocycles. The first-order valence-electron chi connectivity index (χ1n) is 6.68. The fraction of sp³-hybridized carbons (Fsp3) is 0.533. The summed E-state index contributed by atoms with van der Waals surface area (Å²) in [5.41, 5.74) is 0.518. The maximum atomic E-state index is 11.9. The normalized spacial score (nSPS) is 9.58. The molecule has 0 unspecified atom stereocenters. The molecule has 3 nitrogen and oxygen atoms in total. The van der Waals surface area contributed by atoms with E-state index < -0.39 is 0 Å². The van der Waals surface area contributed by atoms with Gasteiger partial charge in [-0.3, -0.25) is 0 Å². The van der Waals surface area contributed by atoms with Gasteiger partial charge in [0.15, 0.2) is 0 Å². The summed E-state index contributed by atoms with van der Waals surface area (Å²) in [5, 5.41) is 0. The van der Waals surface area contributed by atoms with Crippen molar-refractivity contribution in [3.63, 3.8) is 0 Å². The predicted octanol–water partition coefficient (Wildman–Crippen LogP) is 3.82. The Morgan fingerprint density at radius 1 is 1.05 bits per heavy atom. The van der Waals surface area contributed by atoms with Gasteiger partial charge in [-0.25, -0.2) is 4.79 Å². The molecule has 0 aliphatic rings. The van der Waals surface area contributed by atoms with Crippen LogP contribution >= 0.6 is 0 Å². The van der Waals surface area contributed by atoms with E-state index in [2.05, 4.69) is 13.8 Å². The van der Waals surface area contributed by atoms with E-state index >= 15 is 0 Å². The van der Waals surface area contributed by atoms with Gasteiger partial charge in [-0.2, -0.15) is 0 Å². The van der Waals surface area contributed by atoms with Crippen LogP contribution < -0.4 is 4.74 Å². The molecular formula is C15H22O3Zn. The van der Waals surface area contributed by atoms with Crippen LogP contribution in [0, 0.1) is 0 Å². The molecule has 0 fully saturated rings. The van der Waals surface area contributed by atoms with Crippen molar-refractivity contribution in [3.05, 3.63) is 29.8 Å². The summed E-state index contributed by atoms with van der Waals surface area (Å²) in [6.45, 7) is 5.28. The molecule has 0 saturated heterocycles. The predicted molar refractivity (Wildman–Crippen MR) is 72.0 cm³/mol. The number of hydrogen-bond acceptors (Lipinski definition) is 3. The van der Waals surface area contributed by atoms with Gasteiger partial charge in [0.25, 0.3) is 0 Å². The van der Waals surface area contributed by atoms with Crippen molar-refractivity contribution in [2.75, 3.05) is 13.2 Å². The second-order valence-corrected chi connectivity index (χ2v) is 4.19. The van der Waals surface area contributed by atoms with E-state index in [4.69, 9.17) is 9.47 Å². The van der Waals surface area contributed by atoms with Gasteiger partial charge >= 0.3 is 5.97 Å². The zero-order valence-electron chi connectivity index (χ0n) is 12.0. The third-order valence-electron chi connectivity index (χ3n) is 2.59. The van der Waals surface area contributed by atoms with E-state index in [0.29, 0.717) is 24.5 Å². The third kappa shape index (κ3) is 6.72. The van der Waals surface area contributed by atoms with Crippen molar-refractivity contribution in [3.8, 4) is 5.75 Å². The summed E-state index contributed by atoms with van der Waals surface area (Å²) in [5.74, 6) is 0.322. The zero-order chi connectivity index (χ0) is 13.2. The smallest absolute Gasteiger partial charge is 0.341 e. The maximum Gasteiger partial charge on any atom is 0.341 e. The minimum Gasteiger partial charge on any atom is -0.493 e. The van der Waals surface area contributed by atoms with E-state index in [1.807, 2.05) is 18.2 Å². The third-order valence-corrected chi connectivity index (χ3v) is 2.59. The Kier molecular flexibility index (Phi) is 10.5. The summed E-state index contributed by atoms with van der Waals surface area (Å²) in [4.78, 5) is 11.9. The standard InChI is InChI=1S/C15H22O3.Zn/c1-3-5-11-17-14-10-8-7-9-13(14)15(16)18-12-6-4-2;/h7-10H,3-6,11-12H2,1-2H3;. The van der Waals surface area contributed by atoms with E-state index in [1.165, 1.54) is 0 Å². The summed E-state index contributed by atoms with van der Waals surface area (Å²) in [6, 6.07) is 7.24. The molecule has 0 spiro atoms. The van der Waals surface area contributed by atoms with Crippen LogP contribution in [-0.2, 0) is 24.2 Å². The van der Waals surface area contributed by atoms with Crippen LogP contribution in [0.3, 0.4) is 0 Å². The second-order valence-electron chi connectivity index (χ2n) is 4.19. The van der Waals surface area contributed by atoms with Crippen molar-refractivity contribution in [1.29, 1.82) is 0 Å². The fourth-order valence-corrected chi connectivity index (χ4v) is 1.47. The molecule has 1 aromatic carbocycles. The van der Waals surface area contributed by atoms with Gasteiger partial charge in [0.2, 0.25) is 0 Å². The number of hydrogen-bond donors (Lipinski definition) is 0. The molecule has 0 radical (unpaired) electrons. The Balaban J connectivity index is 0.00000324. The summed E-state index contributed by atoms with van der Waals surface area (Å²) in [7, 11) is 0. The molecule has 102 valence electrons. The Hall–Kier alpha value is -0.887. The van der Waals surface area contributed by atoms with Gasteiger partial charge in [-0.15, -0.1) is 0 Å². The molecule has 0 aliphatic heterocycles. The summed E-state index contributed by atoms with van der Waals surface area (Å²) in [6.07, 6.45) is 3.97. The van der Waals surface area contributed by atoms with Crippen molar-refractivity contribution in [2.45, 2.75) is 39.5 Å². The van der Waals surface area contributed by atoms with Crippen molar-refractivity contribution < 1.29 is 33.7 Å². The van der Waals surface area contributed by atoms with Crippen LogP contribution in [0.2, 0.25) is 0 Å². The quantitative estimate of drug-likeness (QED) is 0.415. The zero-order valence-corrected chi connectivity index (χ0v) is 15.0. The van der Waals surface area contributed by atoms with E-state index in [9.17, 15) is 4.79 Å². The molecule has 0 aliphatic carbocycles. The van der Waals surface area contributed by atoms with Crippen LogP contribution in [0.5, 0.6) is 5.75 Å². The Morgan fingerprint density at radius 2 is 1.68 bits per heavy atom. The molecule has 0 bridgehead atoms. The van der Waals surface area contributed by atoms with Crippen LogP contribution in [0.25, 0.3) is 0 Å². The van der Waals surface area contributed by atoms with Gasteiger partial charge in [0.1, 0.15) is 11.3 Å². The maximum absolute atomic E-state index is 11.9. The number of benzene rings is 1. The number of ether oxygens (including phenoxy) is 2. The molecule has 1 rings (SSSR count). The van der Waals surface area contributed by atoms with Crippen LogP contribution in [0.15, 0.2) is 24.3 Å². The van der Waals surface area contributed by atoms with Gasteiger partial charge in [0, 0.05) is 19.5 Å². The molecule has 0 atom stereocenters. The second kappa shape index (κ2) is 11.0. The average Bonchev–Trinajstić information content (AvgIpc) is 2.40. The molecule has 19 heavy (non-hydrogen) atoms. The molecule has 0 amide bonds. The van der Waals surface area contributed by atoms with Gasteiger partial charge in [0.05, 0.1) is 13.2 Å². The van der Waals surface area contributed by atoms with Crippen molar-refractivity contribution >= 4 is 5.97 Å².